The van der Waals surface area contributed by atoms with Gasteiger partial charge in [-0.1, -0.05) is 19.1 Å². The Bertz CT molecular complexity index is 551. The Morgan fingerprint density at radius 1 is 1.29 bits per heavy atom. The first-order valence-electron chi connectivity index (χ1n) is 7.85. The van der Waals surface area contributed by atoms with Crippen LogP contribution in [0.2, 0.25) is 0 Å². The number of nitrogens with two attached hydrogens (primary N) is 1. The fourth-order valence-electron chi connectivity index (χ4n) is 3.07. The second kappa shape index (κ2) is 7.38. The Kier molecular flexibility index (Phi) is 5.79. The summed E-state index contributed by atoms with van der Waals surface area (Å²) in [5.41, 5.74) is 6.84. The molecule has 2 rings (SSSR count). The third-order valence-corrected chi connectivity index (χ3v) is 6.01. The molecule has 1 aliphatic rings. The fraction of sp³-hybridized carbons (Fsp3) is 0.625. The van der Waals surface area contributed by atoms with Gasteiger partial charge in [-0.3, -0.25) is 4.90 Å². The number of benzene rings is 1. The minimum Gasteiger partial charge on any atom is -0.330 e. The lowest BCUT2D eigenvalue weighted by Crippen LogP contribution is -2.27. The van der Waals surface area contributed by atoms with Crippen molar-refractivity contribution >= 4 is 9.84 Å². The van der Waals surface area contributed by atoms with Gasteiger partial charge in [-0.2, -0.15) is 0 Å². The van der Waals surface area contributed by atoms with E-state index in [4.69, 9.17) is 5.73 Å². The lowest BCUT2D eigenvalue weighted by atomic mass is 10.0. The van der Waals surface area contributed by atoms with Crippen molar-refractivity contribution in [1.29, 1.82) is 0 Å². The maximum atomic E-state index is 12.2. The molecule has 118 valence electrons. The number of sulfone groups is 1. The van der Waals surface area contributed by atoms with Crippen LogP contribution < -0.4 is 5.73 Å². The van der Waals surface area contributed by atoms with Gasteiger partial charge in [-0.05, 0) is 63.0 Å². The van der Waals surface area contributed by atoms with Crippen LogP contribution in [0.4, 0.5) is 0 Å². The van der Waals surface area contributed by atoms with Crippen LogP contribution in [0.3, 0.4) is 0 Å². The molecule has 1 aromatic rings. The summed E-state index contributed by atoms with van der Waals surface area (Å²) in [5, 5.41) is 0. The van der Waals surface area contributed by atoms with Gasteiger partial charge in [-0.25, -0.2) is 8.42 Å². The van der Waals surface area contributed by atoms with Crippen molar-refractivity contribution in [3.05, 3.63) is 29.8 Å². The Hall–Kier alpha value is -0.910. The van der Waals surface area contributed by atoms with E-state index in [1.165, 1.54) is 12.8 Å². The molecule has 1 aliphatic heterocycles. The van der Waals surface area contributed by atoms with Crippen molar-refractivity contribution < 1.29 is 8.42 Å². The molecule has 0 aliphatic carbocycles. The van der Waals surface area contributed by atoms with Gasteiger partial charge in [0, 0.05) is 6.04 Å². The predicted octanol–water partition coefficient (Wildman–Crippen LogP) is 2.36. The highest BCUT2D eigenvalue weighted by atomic mass is 32.2. The molecule has 0 radical (unpaired) electrons. The molecular weight excluding hydrogens is 284 g/mol. The molecule has 1 unspecified atom stereocenters. The van der Waals surface area contributed by atoms with E-state index in [9.17, 15) is 8.42 Å². The topological polar surface area (TPSA) is 63.4 Å². The highest BCUT2D eigenvalue weighted by Gasteiger charge is 2.24. The lowest BCUT2D eigenvalue weighted by Gasteiger charge is -2.28. The minimum absolute atomic E-state index is 0.210. The Balaban J connectivity index is 2.29. The Morgan fingerprint density at radius 3 is 2.62 bits per heavy atom. The standard InChI is InChI=1S/C16H26N2O2S/c1-2-12-21(19,20)15-7-5-6-14(13-15)16(8-9-17)18-10-3-4-11-18/h5-7,13,16H,2-4,8-12,17H2,1H3. The summed E-state index contributed by atoms with van der Waals surface area (Å²) in [5.74, 6) is 0.210. The monoisotopic (exact) mass is 310 g/mol. The van der Waals surface area contributed by atoms with Crippen molar-refractivity contribution in [3.63, 3.8) is 0 Å². The number of rotatable bonds is 7. The van der Waals surface area contributed by atoms with Crippen LogP contribution in [0.5, 0.6) is 0 Å². The van der Waals surface area contributed by atoms with Gasteiger partial charge in [0.15, 0.2) is 9.84 Å². The molecule has 1 fully saturated rings. The highest BCUT2D eigenvalue weighted by molar-refractivity contribution is 7.91. The summed E-state index contributed by atoms with van der Waals surface area (Å²) in [7, 11) is -3.15. The number of hydrogen-bond acceptors (Lipinski definition) is 4. The molecule has 1 heterocycles. The van der Waals surface area contributed by atoms with Gasteiger partial charge in [0.05, 0.1) is 10.6 Å². The van der Waals surface area contributed by atoms with Crippen molar-refractivity contribution in [2.24, 2.45) is 5.73 Å². The van der Waals surface area contributed by atoms with E-state index in [0.717, 1.165) is 25.1 Å². The highest BCUT2D eigenvalue weighted by Crippen LogP contribution is 2.29. The molecule has 21 heavy (non-hydrogen) atoms. The molecule has 0 saturated carbocycles. The number of likely N-dealkylation sites (tertiary alicyclic amines) is 1. The van der Waals surface area contributed by atoms with Gasteiger partial charge in [-0.15, -0.1) is 0 Å². The summed E-state index contributed by atoms with van der Waals surface area (Å²) < 4.78 is 24.5. The molecule has 4 nitrogen and oxygen atoms in total. The van der Waals surface area contributed by atoms with Gasteiger partial charge < -0.3 is 5.73 Å². The van der Waals surface area contributed by atoms with E-state index in [1.54, 1.807) is 6.07 Å². The summed E-state index contributed by atoms with van der Waals surface area (Å²) in [4.78, 5) is 2.88. The average Bonchev–Trinajstić information content (AvgIpc) is 2.99. The van der Waals surface area contributed by atoms with Gasteiger partial charge in [0.2, 0.25) is 0 Å². The molecule has 1 saturated heterocycles. The van der Waals surface area contributed by atoms with Crippen LogP contribution in [0.1, 0.15) is 44.2 Å². The van der Waals surface area contributed by atoms with Crippen LogP contribution in [0.25, 0.3) is 0 Å². The largest absolute Gasteiger partial charge is 0.330 e. The number of hydrogen-bond donors (Lipinski definition) is 1. The van der Waals surface area contributed by atoms with Crippen LogP contribution in [-0.2, 0) is 9.84 Å². The SMILES string of the molecule is CCCS(=O)(=O)c1cccc(C(CCN)N2CCCC2)c1. The third kappa shape index (κ3) is 4.05. The molecule has 5 heteroatoms. The zero-order valence-electron chi connectivity index (χ0n) is 12.8. The van der Waals surface area contributed by atoms with Crippen molar-refractivity contribution in [3.8, 4) is 0 Å². The van der Waals surface area contributed by atoms with Crippen LogP contribution in [0.15, 0.2) is 29.2 Å². The Morgan fingerprint density at radius 2 is 2.00 bits per heavy atom. The minimum atomic E-state index is -3.15. The van der Waals surface area contributed by atoms with Gasteiger partial charge in [0.1, 0.15) is 0 Å². The lowest BCUT2D eigenvalue weighted by molar-refractivity contribution is 0.235. The van der Waals surface area contributed by atoms with Crippen LogP contribution in [-0.4, -0.2) is 38.7 Å². The average molecular weight is 310 g/mol. The second-order valence-electron chi connectivity index (χ2n) is 5.73. The predicted molar refractivity (Wildman–Crippen MR) is 86.0 cm³/mol. The first-order chi connectivity index (χ1) is 10.1. The summed E-state index contributed by atoms with van der Waals surface area (Å²) >= 11 is 0. The van der Waals surface area contributed by atoms with Crippen molar-refractivity contribution in [2.45, 2.75) is 43.5 Å². The zero-order valence-corrected chi connectivity index (χ0v) is 13.6. The van der Waals surface area contributed by atoms with E-state index in [2.05, 4.69) is 4.90 Å². The van der Waals surface area contributed by atoms with Crippen molar-refractivity contribution in [2.75, 3.05) is 25.4 Å². The maximum Gasteiger partial charge on any atom is 0.178 e. The molecule has 0 aromatic heterocycles. The fourth-order valence-corrected chi connectivity index (χ4v) is 4.45. The van der Waals surface area contributed by atoms with Crippen LogP contribution >= 0.6 is 0 Å². The van der Waals surface area contributed by atoms with E-state index in [-0.39, 0.29) is 11.8 Å². The molecule has 2 N–H and O–H groups in total. The third-order valence-electron chi connectivity index (χ3n) is 4.10. The smallest absolute Gasteiger partial charge is 0.178 e. The van der Waals surface area contributed by atoms with E-state index < -0.39 is 9.84 Å². The molecule has 0 amide bonds. The van der Waals surface area contributed by atoms with Gasteiger partial charge in [0.25, 0.3) is 0 Å². The quantitative estimate of drug-likeness (QED) is 0.840. The van der Waals surface area contributed by atoms with Gasteiger partial charge >= 0.3 is 0 Å². The molecule has 1 aromatic carbocycles. The molecular formula is C16H26N2O2S. The maximum absolute atomic E-state index is 12.2. The molecule has 0 spiro atoms. The Labute approximate surface area is 128 Å². The van der Waals surface area contributed by atoms with E-state index in [0.29, 0.717) is 17.9 Å². The molecule has 1 atom stereocenters. The summed E-state index contributed by atoms with van der Waals surface area (Å²) in [6.45, 7) is 4.67. The summed E-state index contributed by atoms with van der Waals surface area (Å²) in [6.07, 6.45) is 3.95. The normalized spacial score (nSPS) is 18.0. The first-order valence-corrected chi connectivity index (χ1v) is 9.50. The second-order valence-corrected chi connectivity index (χ2v) is 7.84. The van der Waals surface area contributed by atoms with E-state index in [1.807, 2.05) is 25.1 Å². The van der Waals surface area contributed by atoms with E-state index >= 15 is 0 Å². The molecule has 0 bridgehead atoms. The van der Waals surface area contributed by atoms with Crippen molar-refractivity contribution in [1.82, 2.24) is 4.90 Å². The number of nitrogens with zero attached hydrogens (tertiary/aromatic N) is 1. The van der Waals surface area contributed by atoms with Crippen LogP contribution in [0, 0.1) is 0 Å². The first kappa shape index (κ1) is 16.5. The summed E-state index contributed by atoms with van der Waals surface area (Å²) in [6, 6.07) is 7.69. The zero-order chi connectivity index (χ0) is 15.3.